The van der Waals surface area contributed by atoms with E-state index in [2.05, 4.69) is 12.2 Å². The van der Waals surface area contributed by atoms with Crippen molar-refractivity contribution in [1.29, 1.82) is 0 Å². The second-order valence-electron chi connectivity index (χ2n) is 4.88. The van der Waals surface area contributed by atoms with Crippen molar-refractivity contribution >= 4 is 17.2 Å². The van der Waals surface area contributed by atoms with Crippen LogP contribution in [0.5, 0.6) is 11.5 Å². The Morgan fingerprint density at radius 2 is 2.00 bits per heavy atom. The van der Waals surface area contributed by atoms with Gasteiger partial charge in [0.25, 0.3) is 5.91 Å². The first-order chi connectivity index (χ1) is 10.6. The number of hydrogen-bond donors (Lipinski definition) is 1. The highest BCUT2D eigenvalue weighted by Gasteiger charge is 2.14. The average Bonchev–Trinajstić information content (AvgIpc) is 2.92. The summed E-state index contributed by atoms with van der Waals surface area (Å²) in [5.74, 6) is 1.26. The van der Waals surface area contributed by atoms with Crippen LogP contribution in [-0.2, 0) is 13.0 Å². The fourth-order valence-corrected chi connectivity index (χ4v) is 3.37. The minimum atomic E-state index is -0.0577. The van der Waals surface area contributed by atoms with Crippen LogP contribution < -0.4 is 14.8 Å². The zero-order valence-corrected chi connectivity index (χ0v) is 14.2. The van der Waals surface area contributed by atoms with Crippen molar-refractivity contribution in [1.82, 2.24) is 5.32 Å². The molecule has 1 aromatic carbocycles. The van der Waals surface area contributed by atoms with Crippen LogP contribution in [0.15, 0.2) is 24.3 Å². The van der Waals surface area contributed by atoms with Crippen molar-refractivity contribution in [3.63, 3.8) is 0 Å². The van der Waals surface area contributed by atoms with Crippen molar-refractivity contribution in [2.75, 3.05) is 14.2 Å². The second-order valence-corrected chi connectivity index (χ2v) is 6.14. The summed E-state index contributed by atoms with van der Waals surface area (Å²) >= 11 is 1.53. The molecule has 0 atom stereocenters. The SMILES string of the molecule is CCc1cc(C(=O)NCc2cccc(OC)c2OC)sc1C. The van der Waals surface area contributed by atoms with Gasteiger partial charge in [-0.15, -0.1) is 11.3 Å². The Labute approximate surface area is 135 Å². The van der Waals surface area contributed by atoms with Crippen molar-refractivity contribution in [2.45, 2.75) is 26.8 Å². The number of carbonyl (C=O) groups is 1. The van der Waals surface area contributed by atoms with E-state index in [0.717, 1.165) is 16.9 Å². The average molecular weight is 319 g/mol. The van der Waals surface area contributed by atoms with E-state index in [1.54, 1.807) is 14.2 Å². The van der Waals surface area contributed by atoms with Crippen LogP contribution in [0, 0.1) is 6.92 Å². The predicted octanol–water partition coefficient (Wildman–Crippen LogP) is 3.57. The molecule has 0 aliphatic carbocycles. The fraction of sp³-hybridized carbons (Fsp3) is 0.353. The van der Waals surface area contributed by atoms with Crippen molar-refractivity contribution < 1.29 is 14.3 Å². The topological polar surface area (TPSA) is 47.6 Å². The zero-order chi connectivity index (χ0) is 16.1. The third-order valence-electron chi connectivity index (χ3n) is 3.55. The fourth-order valence-electron chi connectivity index (χ4n) is 2.34. The molecule has 1 heterocycles. The normalized spacial score (nSPS) is 10.4. The minimum absolute atomic E-state index is 0.0577. The van der Waals surface area contributed by atoms with Gasteiger partial charge in [0.2, 0.25) is 0 Å². The monoisotopic (exact) mass is 319 g/mol. The Kier molecular flexibility index (Phi) is 5.44. The molecule has 1 aromatic heterocycles. The van der Waals surface area contributed by atoms with Crippen LogP contribution in [0.4, 0.5) is 0 Å². The number of methoxy groups -OCH3 is 2. The summed E-state index contributed by atoms with van der Waals surface area (Å²) in [6, 6.07) is 7.60. The van der Waals surface area contributed by atoms with Gasteiger partial charge in [0.05, 0.1) is 19.1 Å². The first-order valence-electron chi connectivity index (χ1n) is 7.18. The van der Waals surface area contributed by atoms with E-state index < -0.39 is 0 Å². The van der Waals surface area contributed by atoms with Gasteiger partial charge in [-0.25, -0.2) is 0 Å². The van der Waals surface area contributed by atoms with E-state index in [1.807, 2.05) is 31.2 Å². The molecule has 0 aliphatic rings. The molecule has 1 amide bonds. The first kappa shape index (κ1) is 16.4. The molecule has 5 heteroatoms. The van der Waals surface area contributed by atoms with Gasteiger partial charge in [0, 0.05) is 17.0 Å². The number of thiophene rings is 1. The summed E-state index contributed by atoms with van der Waals surface area (Å²) in [5, 5.41) is 2.94. The Morgan fingerprint density at radius 1 is 1.23 bits per heavy atom. The third-order valence-corrected chi connectivity index (χ3v) is 4.64. The number of benzene rings is 1. The van der Waals surface area contributed by atoms with Crippen LogP contribution >= 0.6 is 11.3 Å². The van der Waals surface area contributed by atoms with Gasteiger partial charge < -0.3 is 14.8 Å². The molecule has 118 valence electrons. The van der Waals surface area contributed by atoms with Crippen LogP contribution in [0.25, 0.3) is 0 Å². The van der Waals surface area contributed by atoms with Gasteiger partial charge in [-0.05, 0) is 31.0 Å². The summed E-state index contributed by atoms with van der Waals surface area (Å²) in [4.78, 5) is 14.2. The Hall–Kier alpha value is -2.01. The summed E-state index contributed by atoms with van der Waals surface area (Å²) in [6.07, 6.45) is 0.944. The first-order valence-corrected chi connectivity index (χ1v) is 7.99. The van der Waals surface area contributed by atoms with Gasteiger partial charge >= 0.3 is 0 Å². The van der Waals surface area contributed by atoms with Gasteiger partial charge in [-0.1, -0.05) is 19.1 Å². The maximum absolute atomic E-state index is 12.3. The van der Waals surface area contributed by atoms with E-state index in [9.17, 15) is 4.79 Å². The summed E-state index contributed by atoms with van der Waals surface area (Å²) in [7, 11) is 3.19. The lowest BCUT2D eigenvalue weighted by Gasteiger charge is -2.12. The van der Waals surface area contributed by atoms with Crippen molar-refractivity contribution in [2.24, 2.45) is 0 Å². The maximum atomic E-state index is 12.3. The number of nitrogens with one attached hydrogen (secondary N) is 1. The van der Waals surface area contributed by atoms with Crippen molar-refractivity contribution in [3.8, 4) is 11.5 Å². The van der Waals surface area contributed by atoms with E-state index in [4.69, 9.17) is 9.47 Å². The van der Waals surface area contributed by atoms with Gasteiger partial charge in [-0.3, -0.25) is 4.79 Å². The number of carbonyl (C=O) groups excluding carboxylic acids is 1. The molecule has 2 rings (SSSR count). The van der Waals surface area contributed by atoms with Gasteiger partial charge in [-0.2, -0.15) is 0 Å². The highest BCUT2D eigenvalue weighted by Crippen LogP contribution is 2.30. The highest BCUT2D eigenvalue weighted by molar-refractivity contribution is 7.14. The molecule has 0 saturated heterocycles. The molecule has 2 aromatic rings. The Morgan fingerprint density at radius 3 is 2.59 bits per heavy atom. The van der Waals surface area contributed by atoms with Crippen LogP contribution in [0.3, 0.4) is 0 Å². The van der Waals surface area contributed by atoms with E-state index in [0.29, 0.717) is 18.0 Å². The molecule has 0 fully saturated rings. The van der Waals surface area contributed by atoms with E-state index in [-0.39, 0.29) is 5.91 Å². The summed E-state index contributed by atoms with van der Waals surface area (Å²) in [5.41, 5.74) is 2.12. The lowest BCUT2D eigenvalue weighted by atomic mass is 10.1. The molecule has 0 saturated carbocycles. The number of hydrogen-bond acceptors (Lipinski definition) is 4. The highest BCUT2D eigenvalue weighted by atomic mass is 32.1. The standard InChI is InChI=1S/C17H21NO3S/c1-5-12-9-15(22-11(12)2)17(19)18-10-13-7-6-8-14(20-3)16(13)21-4/h6-9H,5,10H2,1-4H3,(H,18,19). The molecule has 0 aliphatic heterocycles. The summed E-state index contributed by atoms with van der Waals surface area (Å²) < 4.78 is 10.6. The van der Waals surface area contributed by atoms with Crippen LogP contribution in [0.2, 0.25) is 0 Å². The molecule has 0 unspecified atom stereocenters. The van der Waals surface area contributed by atoms with Crippen LogP contribution in [-0.4, -0.2) is 20.1 Å². The lowest BCUT2D eigenvalue weighted by molar-refractivity contribution is 0.0954. The third kappa shape index (κ3) is 3.42. The molecule has 0 radical (unpaired) electrons. The zero-order valence-electron chi connectivity index (χ0n) is 13.4. The molecule has 0 spiro atoms. The largest absolute Gasteiger partial charge is 0.493 e. The predicted molar refractivity (Wildman–Crippen MR) is 89.2 cm³/mol. The Bertz CT molecular complexity index is 664. The minimum Gasteiger partial charge on any atom is -0.493 e. The van der Waals surface area contributed by atoms with E-state index in [1.165, 1.54) is 21.8 Å². The number of rotatable bonds is 6. The molecule has 22 heavy (non-hydrogen) atoms. The summed E-state index contributed by atoms with van der Waals surface area (Å²) in [6.45, 7) is 4.54. The molecule has 1 N–H and O–H groups in total. The second kappa shape index (κ2) is 7.31. The quantitative estimate of drug-likeness (QED) is 0.885. The van der Waals surface area contributed by atoms with Crippen molar-refractivity contribution in [3.05, 3.63) is 45.1 Å². The smallest absolute Gasteiger partial charge is 0.261 e. The molecule has 4 nitrogen and oxygen atoms in total. The van der Waals surface area contributed by atoms with Gasteiger partial charge in [0.15, 0.2) is 11.5 Å². The maximum Gasteiger partial charge on any atom is 0.261 e. The van der Waals surface area contributed by atoms with Crippen LogP contribution in [0.1, 0.15) is 32.6 Å². The number of para-hydroxylation sites is 1. The molecule has 0 bridgehead atoms. The molecular weight excluding hydrogens is 298 g/mol. The number of amides is 1. The lowest BCUT2D eigenvalue weighted by Crippen LogP contribution is -2.22. The number of ether oxygens (including phenoxy) is 2. The van der Waals surface area contributed by atoms with E-state index >= 15 is 0 Å². The Balaban J connectivity index is 2.11. The van der Waals surface area contributed by atoms with Gasteiger partial charge in [0.1, 0.15) is 0 Å². The number of aryl methyl sites for hydroxylation is 2. The molecular formula is C17H21NO3S.